The average Bonchev–Trinajstić information content (AvgIpc) is 1.00. The van der Waals surface area contributed by atoms with Crippen molar-refractivity contribution in [3.63, 3.8) is 0 Å². The van der Waals surface area contributed by atoms with Gasteiger partial charge in [-0.2, -0.15) is 0 Å². The monoisotopic (exact) mass is 288 g/mol. The molecule has 0 heterocycles. The minimum absolute atomic E-state index is 0. The van der Waals surface area contributed by atoms with Gasteiger partial charge in [-0.15, -0.1) is 0 Å². The van der Waals surface area contributed by atoms with E-state index in [-0.39, 0.29) is 104 Å². The van der Waals surface area contributed by atoms with Gasteiger partial charge in [0.05, 0.1) is 0 Å². The number of rotatable bonds is 0. The fourth-order valence-corrected chi connectivity index (χ4v) is 0. The van der Waals surface area contributed by atoms with Crippen LogP contribution in [0, 0.1) is 0 Å². The zero-order valence-electron chi connectivity index (χ0n) is 0.908. The van der Waals surface area contributed by atoms with Crippen LogP contribution < -0.4 is 0 Å². The summed E-state index contributed by atoms with van der Waals surface area (Å²) < 4.78 is 0. The van der Waals surface area contributed by atoms with Crippen molar-refractivity contribution in [3.05, 3.63) is 0 Å². The van der Waals surface area contributed by atoms with E-state index < -0.39 is 0 Å². The first-order valence-corrected chi connectivity index (χ1v) is 1.84. The fourth-order valence-electron chi connectivity index (χ4n) is 0. The zero-order valence-corrected chi connectivity index (χ0v) is 2.72. The van der Waals surface area contributed by atoms with E-state index in [1.807, 2.05) is 0 Å². The lowest BCUT2D eigenvalue weighted by Gasteiger charge is -0.760. The Kier molecular flexibility index (Phi) is 1300000. The Morgan fingerprint density at radius 2 is 0.250 bits per heavy atom. The van der Waals surface area contributed by atoms with E-state index in [2.05, 4.69) is 19.8 Å². The highest BCUT2D eigenvalue weighted by Crippen LogP contribution is 1.26. The van der Waals surface area contributed by atoms with Crippen LogP contribution >= 0.6 is 8.02 Å². The average molecular weight is 289 g/mol. The number of hydrogen-bond acceptors (Lipinski definition) is 1. The fraction of sp³-hybridized carbons (Fsp3) is 1.00. The second kappa shape index (κ2) is 12100. The molecule has 0 unspecified atom stereocenters. The van der Waals surface area contributed by atoms with E-state index >= 15 is 0 Å². The predicted molar refractivity (Wildman–Crippen MR) is 110 cm³/mol. The van der Waals surface area contributed by atoms with Crippen LogP contribution in [0.4, 0.5) is 0 Å². The van der Waals surface area contributed by atoms with Crippen LogP contribution in [0.3, 0.4) is 0 Å². The van der Waals surface area contributed by atoms with Crippen molar-refractivity contribution < 1.29 is 0 Å². The Hall–Kier alpha value is 0.520. The molecule has 0 aliphatic carbocycles. The first-order valence-electron chi connectivity index (χ1n) is 0.204. The predicted octanol–water partition coefficient (Wildman–Crippen LogP) is 9.50. The minimum atomic E-state index is 0. The maximum Gasteiger partial charge on any atom is -0.0437 e. The summed E-state index contributed by atoms with van der Waals surface area (Å²) >= 11 is 3.89. The van der Waals surface area contributed by atoms with Crippen molar-refractivity contribution in [2.45, 2.75) is 104 Å². The lowest BCUT2D eigenvalue weighted by atomic mass is 12.0. The summed E-state index contributed by atoms with van der Waals surface area (Å²) in [7, 11) is 2.56. The summed E-state index contributed by atoms with van der Waals surface area (Å²) in [5.41, 5.74) is 0. The van der Waals surface area contributed by atoms with Gasteiger partial charge in [-0.3, -0.25) is 0 Å². The van der Waals surface area contributed by atoms with Gasteiger partial charge in [0.15, 0.2) is 0 Å². The van der Waals surface area contributed by atoms with Crippen molar-refractivity contribution in [1.82, 2.24) is 0 Å². The van der Waals surface area contributed by atoms with Crippen LogP contribution in [0.1, 0.15) is 104 Å². The molecule has 2 heteroatoms. The first kappa shape index (κ1) is 1720. The normalized spacial score (nSPS) is 0.250. The molecule has 0 radical (unpaired) electrons. The summed E-state index contributed by atoms with van der Waals surface area (Å²) in [6.07, 6.45) is 0. The Bertz CT molecular complexity index is 10.7. The van der Waals surface area contributed by atoms with E-state index in [9.17, 15) is 0 Å². The van der Waals surface area contributed by atoms with Crippen LogP contribution in [-0.4, -0.2) is 0 Å². The van der Waals surface area contributed by atoms with Gasteiger partial charge in [0.25, 0.3) is 0 Å². The molecule has 0 N–H and O–H groups in total. The molecule has 0 saturated heterocycles. The molecule has 0 spiro atoms. The molecular weight excluding hydrogens is 231 g/mol. The summed E-state index contributed by atoms with van der Waals surface area (Å²) in [6, 6.07) is 0. The van der Waals surface area contributed by atoms with E-state index in [0.29, 0.717) is 0 Å². The van der Waals surface area contributed by atoms with Crippen molar-refractivity contribution in [1.29, 1.82) is 0 Å². The Morgan fingerprint density at radius 1 is 0.250 bits per heavy atom. The van der Waals surface area contributed by atoms with Gasteiger partial charge in [-0.1, -0.05) is 116 Å². The smallest absolute Gasteiger partial charge is 0.0437 e. The van der Waals surface area contributed by atoms with Crippen LogP contribution in [0.15, 0.2) is 0 Å². The lowest BCUT2D eigenvalue weighted by Crippen LogP contribution is -0.399. The molecule has 0 rings (SSSR count). The Morgan fingerprint density at radius 3 is 0.250 bits per heavy atom. The van der Waals surface area contributed by atoms with Crippen LogP contribution in [-0.2, 0) is 11.8 Å². The molecule has 0 aromatic carbocycles. The van der Waals surface area contributed by atoms with Crippen molar-refractivity contribution in [2.75, 3.05) is 0 Å². The zero-order chi connectivity index (χ0) is 2.00. The second-order valence-electron chi connectivity index (χ2n) is 0. The van der Waals surface area contributed by atoms with Gasteiger partial charge in [0, 0.05) is 0 Å². The van der Waals surface area contributed by atoms with E-state index in [1.165, 1.54) is 0 Å². The van der Waals surface area contributed by atoms with Gasteiger partial charge >= 0.3 is 0 Å². The summed E-state index contributed by atoms with van der Waals surface area (Å²) in [5.74, 6) is 0. The Labute approximate surface area is 124 Å². The third-order valence-corrected chi connectivity index (χ3v) is 0. The summed E-state index contributed by atoms with van der Waals surface area (Å²) in [4.78, 5) is 0. The molecule has 0 aromatic heterocycles. The van der Waals surface area contributed by atoms with Gasteiger partial charge in [0.2, 0.25) is 0 Å². The molecule has 0 aliphatic heterocycles. The molecule has 0 saturated carbocycles. The molecule has 0 fully saturated rings. The SMILES string of the molecule is C.C.C.C.C.C.C.C.C.C.C.C.C.C.P=S. The molecule has 0 bridgehead atoms. The third kappa shape index (κ3) is 9820. The molecule has 0 aliphatic rings. The summed E-state index contributed by atoms with van der Waals surface area (Å²) in [5, 5.41) is 0. The summed E-state index contributed by atoms with van der Waals surface area (Å²) in [6.45, 7) is 0. The van der Waals surface area contributed by atoms with E-state index in [0.717, 1.165) is 0 Å². The second-order valence-corrected chi connectivity index (χ2v) is 0. The first-order chi connectivity index (χ1) is 1.00. The van der Waals surface area contributed by atoms with Gasteiger partial charge in [-0.05, 0) is 8.02 Å². The van der Waals surface area contributed by atoms with Crippen molar-refractivity contribution in [3.8, 4) is 0 Å². The van der Waals surface area contributed by atoms with Crippen LogP contribution in [0.2, 0.25) is 0 Å². The lowest BCUT2D eigenvalue weighted by molar-refractivity contribution is 2.50. The molecule has 0 atom stereocenters. The highest BCUT2D eigenvalue weighted by atomic mass is 32.4. The van der Waals surface area contributed by atoms with Gasteiger partial charge in [0.1, 0.15) is 0 Å². The van der Waals surface area contributed by atoms with Crippen LogP contribution in [0.25, 0.3) is 0 Å². The highest BCUT2D eigenvalue weighted by Gasteiger charge is 0.655. The molecule has 0 aromatic rings. The molecule has 0 amide bonds. The van der Waals surface area contributed by atoms with Gasteiger partial charge < -0.3 is 0 Å². The van der Waals surface area contributed by atoms with Crippen molar-refractivity contribution in [2.24, 2.45) is 0 Å². The van der Waals surface area contributed by atoms with Crippen LogP contribution in [0.5, 0.6) is 0 Å². The largest absolute Gasteiger partial charge is 0.0776 e. The molecule has 124 valence electrons. The standard InChI is InChI=1S/14CH4.HPS/c;;;;;;;;;;;;;;1-2/h14*1H4;1H. The third-order valence-electron chi connectivity index (χ3n) is 0. The Balaban J connectivity index is -0.0000000000549. The van der Waals surface area contributed by atoms with Crippen molar-refractivity contribution >= 4 is 19.8 Å². The number of hydrogen-bond donors (Lipinski definition) is 0. The molecular formula is C14H57PS. The van der Waals surface area contributed by atoms with E-state index in [4.69, 9.17) is 0 Å². The maximum absolute atomic E-state index is 3.89. The minimum Gasteiger partial charge on any atom is -0.0776 e. The molecule has 0 nitrogen and oxygen atoms in total. The quantitative estimate of drug-likeness (QED) is 0.400. The molecule has 16 heavy (non-hydrogen) atoms. The maximum atomic E-state index is 3.89. The highest BCUT2D eigenvalue weighted by molar-refractivity contribution is 7.88. The topological polar surface area (TPSA) is 0 Å². The van der Waals surface area contributed by atoms with E-state index in [1.54, 1.807) is 0 Å². The van der Waals surface area contributed by atoms with Gasteiger partial charge in [-0.25, -0.2) is 0 Å².